The maximum atomic E-state index is 14.9. The minimum atomic E-state index is -0.637. The number of amides is 1. The fourth-order valence-electron chi connectivity index (χ4n) is 4.91. The van der Waals surface area contributed by atoms with Crippen molar-refractivity contribution in [3.8, 4) is 11.5 Å². The fourth-order valence-corrected chi connectivity index (χ4v) is 4.91. The minimum Gasteiger partial charge on any atom is -0.329 e. The van der Waals surface area contributed by atoms with Gasteiger partial charge in [0.05, 0.1) is 29.2 Å². The van der Waals surface area contributed by atoms with E-state index >= 15 is 0 Å². The van der Waals surface area contributed by atoms with Gasteiger partial charge in [0.15, 0.2) is 11.6 Å². The first kappa shape index (κ1) is 23.6. The van der Waals surface area contributed by atoms with Crippen LogP contribution in [-0.4, -0.2) is 47.3 Å². The van der Waals surface area contributed by atoms with E-state index in [1.165, 1.54) is 23.1 Å². The Labute approximate surface area is 214 Å². The molecule has 0 saturated heterocycles. The molecule has 0 saturated carbocycles. The van der Waals surface area contributed by atoms with Gasteiger partial charge >= 0.3 is 0 Å². The van der Waals surface area contributed by atoms with Crippen LogP contribution in [0.1, 0.15) is 40.4 Å². The Morgan fingerprint density at radius 3 is 2.68 bits per heavy atom. The van der Waals surface area contributed by atoms with Gasteiger partial charge in [-0.15, -0.1) is 10.2 Å². The molecule has 1 unspecified atom stereocenters. The topological polar surface area (TPSA) is 110 Å². The number of pyridine rings is 1. The summed E-state index contributed by atoms with van der Waals surface area (Å²) in [6, 6.07) is 15.7. The number of fused-ring (bicyclic) bond motifs is 2. The van der Waals surface area contributed by atoms with Crippen molar-refractivity contribution >= 4 is 16.7 Å². The Morgan fingerprint density at radius 2 is 1.87 bits per heavy atom. The lowest BCUT2D eigenvalue weighted by Crippen LogP contribution is -2.41. The molecule has 0 radical (unpaired) electrons. The highest BCUT2D eigenvalue weighted by molar-refractivity contribution is 5.95. The quantitative estimate of drug-likeness (QED) is 0.368. The zero-order valence-corrected chi connectivity index (χ0v) is 20.2. The van der Waals surface area contributed by atoms with E-state index in [2.05, 4.69) is 25.4 Å². The van der Waals surface area contributed by atoms with Crippen LogP contribution in [0.15, 0.2) is 65.5 Å². The summed E-state index contributed by atoms with van der Waals surface area (Å²) in [6.45, 7) is 2.28. The van der Waals surface area contributed by atoms with Gasteiger partial charge in [0, 0.05) is 18.4 Å². The monoisotopic (exact) mass is 513 g/mol. The molecule has 0 spiro atoms. The third kappa shape index (κ3) is 4.11. The minimum absolute atomic E-state index is 0.0663. The van der Waals surface area contributed by atoms with Crippen molar-refractivity contribution in [3.63, 3.8) is 0 Å². The summed E-state index contributed by atoms with van der Waals surface area (Å²) in [4.78, 5) is 31.0. The second-order valence-electron chi connectivity index (χ2n) is 9.23. The number of aromatic amines is 1. The summed E-state index contributed by atoms with van der Waals surface area (Å²) < 4.78 is 30.4. The molecule has 4 heterocycles. The van der Waals surface area contributed by atoms with E-state index < -0.39 is 17.7 Å². The number of carbonyl (C=O) groups excluding carboxylic acids is 1. The average molecular weight is 514 g/mol. The molecule has 0 aliphatic carbocycles. The number of carbonyl (C=O) groups is 1. The van der Waals surface area contributed by atoms with Gasteiger partial charge in [-0.1, -0.05) is 30.3 Å². The molecular formula is C27H21F2N7O2. The molecule has 1 amide bonds. The van der Waals surface area contributed by atoms with Crippen molar-refractivity contribution in [2.24, 2.45) is 0 Å². The zero-order chi connectivity index (χ0) is 26.4. The number of benzene rings is 2. The summed E-state index contributed by atoms with van der Waals surface area (Å²) in [6.07, 6.45) is 0.298. The van der Waals surface area contributed by atoms with Crippen molar-refractivity contribution in [2.75, 3.05) is 6.54 Å². The third-order valence-corrected chi connectivity index (χ3v) is 6.66. The molecule has 6 rings (SSSR count). The summed E-state index contributed by atoms with van der Waals surface area (Å²) in [5, 5.41) is 16.3. The van der Waals surface area contributed by atoms with Crippen LogP contribution < -0.4 is 5.56 Å². The van der Waals surface area contributed by atoms with Crippen LogP contribution in [0.25, 0.3) is 22.3 Å². The highest BCUT2D eigenvalue weighted by Crippen LogP contribution is 2.28. The molecule has 1 aliphatic rings. The Morgan fingerprint density at radius 1 is 1.05 bits per heavy atom. The summed E-state index contributed by atoms with van der Waals surface area (Å²) in [5.41, 5.74) is 1.28. The smallest absolute Gasteiger partial charge is 0.272 e. The lowest BCUT2D eigenvalue weighted by molar-refractivity contribution is 0.0677. The van der Waals surface area contributed by atoms with E-state index in [1.807, 2.05) is 17.6 Å². The van der Waals surface area contributed by atoms with E-state index in [-0.39, 0.29) is 30.3 Å². The summed E-state index contributed by atoms with van der Waals surface area (Å²) in [7, 11) is 0. The normalized spacial score (nSPS) is 15.0. The number of hydrogen-bond donors (Lipinski definition) is 1. The second kappa shape index (κ2) is 9.25. The number of rotatable bonds is 4. The van der Waals surface area contributed by atoms with Gasteiger partial charge in [-0.05, 0) is 42.8 Å². The second-order valence-corrected chi connectivity index (χ2v) is 9.23. The maximum absolute atomic E-state index is 14.9. The first-order valence-corrected chi connectivity index (χ1v) is 12.0. The average Bonchev–Trinajstić information content (AvgIpc) is 3.36. The Bertz CT molecular complexity index is 1760. The molecule has 9 nitrogen and oxygen atoms in total. The first-order chi connectivity index (χ1) is 18.4. The van der Waals surface area contributed by atoms with Crippen molar-refractivity contribution < 1.29 is 13.6 Å². The van der Waals surface area contributed by atoms with Crippen LogP contribution in [0, 0.1) is 11.8 Å². The molecule has 1 N–H and O–H groups in total. The van der Waals surface area contributed by atoms with Crippen LogP contribution >= 0.6 is 0 Å². The maximum Gasteiger partial charge on any atom is 0.272 e. The third-order valence-electron chi connectivity index (χ3n) is 6.66. The van der Waals surface area contributed by atoms with Gasteiger partial charge in [-0.2, -0.15) is 9.49 Å². The SMILES string of the molecule is CC1CN(C(=O)c2cc(Cc3n[nH]c(=O)c4ccccc34)ccc2F)Cc2nnc(-c3cccc(F)n3)n21. The lowest BCUT2D eigenvalue weighted by Gasteiger charge is -2.32. The molecule has 1 atom stereocenters. The molecule has 38 heavy (non-hydrogen) atoms. The predicted octanol–water partition coefficient (Wildman–Crippen LogP) is 3.66. The van der Waals surface area contributed by atoms with E-state index in [0.29, 0.717) is 45.8 Å². The van der Waals surface area contributed by atoms with Gasteiger partial charge in [0.2, 0.25) is 5.95 Å². The lowest BCUT2D eigenvalue weighted by atomic mass is 10.0. The van der Waals surface area contributed by atoms with Crippen molar-refractivity contribution in [3.05, 3.63) is 105 Å². The number of hydrogen-bond acceptors (Lipinski definition) is 6. The molecule has 11 heteroatoms. The van der Waals surface area contributed by atoms with Gasteiger partial charge < -0.3 is 9.47 Å². The molecule has 0 fully saturated rings. The van der Waals surface area contributed by atoms with E-state index in [9.17, 15) is 18.4 Å². The molecule has 2 aromatic carbocycles. The predicted molar refractivity (Wildman–Crippen MR) is 134 cm³/mol. The van der Waals surface area contributed by atoms with E-state index in [1.54, 1.807) is 36.4 Å². The Hall–Kier alpha value is -4.80. The summed E-state index contributed by atoms with van der Waals surface area (Å²) in [5.74, 6) is -0.829. The van der Waals surface area contributed by atoms with Gasteiger partial charge in [-0.25, -0.2) is 14.5 Å². The number of nitrogens with one attached hydrogen (secondary N) is 1. The van der Waals surface area contributed by atoms with Crippen LogP contribution in [-0.2, 0) is 13.0 Å². The molecule has 5 aromatic rings. The van der Waals surface area contributed by atoms with Crippen LogP contribution in [0.5, 0.6) is 0 Å². The van der Waals surface area contributed by atoms with Crippen LogP contribution in [0.4, 0.5) is 8.78 Å². The largest absolute Gasteiger partial charge is 0.329 e. The standard InChI is InChI=1S/C27H21F2N7O2/c1-15-13-35(14-24-32-33-25(36(15)24)21-7-4-8-23(29)30-21)27(38)19-11-16(9-10-20(19)28)12-22-17-5-2-3-6-18(17)26(37)34-31-22/h2-11,15H,12-14H2,1H3,(H,34,37). The number of nitrogens with zero attached hydrogens (tertiary/aromatic N) is 6. The highest BCUT2D eigenvalue weighted by atomic mass is 19.1. The number of halogens is 2. The summed E-state index contributed by atoms with van der Waals surface area (Å²) >= 11 is 0. The zero-order valence-electron chi connectivity index (χ0n) is 20.2. The fraction of sp³-hybridized carbons (Fsp3) is 0.185. The molecule has 0 bridgehead atoms. The van der Waals surface area contributed by atoms with Gasteiger partial charge in [0.1, 0.15) is 11.5 Å². The first-order valence-electron chi connectivity index (χ1n) is 12.0. The van der Waals surface area contributed by atoms with Crippen LogP contribution in [0.2, 0.25) is 0 Å². The molecule has 190 valence electrons. The number of H-pyrrole nitrogens is 1. The Kier molecular flexibility index (Phi) is 5.74. The van der Waals surface area contributed by atoms with E-state index in [4.69, 9.17) is 0 Å². The van der Waals surface area contributed by atoms with Crippen molar-refractivity contribution in [1.29, 1.82) is 0 Å². The van der Waals surface area contributed by atoms with Gasteiger partial charge in [-0.3, -0.25) is 9.59 Å². The highest BCUT2D eigenvalue weighted by Gasteiger charge is 2.31. The van der Waals surface area contributed by atoms with Crippen molar-refractivity contribution in [1.82, 2.24) is 34.8 Å². The van der Waals surface area contributed by atoms with E-state index in [0.717, 1.165) is 0 Å². The van der Waals surface area contributed by atoms with Gasteiger partial charge in [0.25, 0.3) is 11.5 Å². The molecule has 1 aliphatic heterocycles. The Balaban J connectivity index is 1.28. The molecule has 3 aromatic heterocycles. The molecular weight excluding hydrogens is 492 g/mol. The van der Waals surface area contributed by atoms with Crippen LogP contribution in [0.3, 0.4) is 0 Å². The number of aromatic nitrogens is 6. The van der Waals surface area contributed by atoms with Crippen molar-refractivity contribution in [2.45, 2.75) is 25.9 Å².